The van der Waals surface area contributed by atoms with Gasteiger partial charge in [0.1, 0.15) is 0 Å². The van der Waals surface area contributed by atoms with E-state index < -0.39 is 0 Å². The summed E-state index contributed by atoms with van der Waals surface area (Å²) in [7, 11) is 0. The average molecular weight is 199 g/mol. The van der Waals surface area contributed by atoms with Crippen LogP contribution in [0, 0.1) is 0 Å². The molecule has 0 unspecified atom stereocenters. The first-order valence-electron chi connectivity index (χ1n) is 5.63. The monoisotopic (exact) mass is 199 g/mol. The van der Waals surface area contributed by atoms with E-state index in [9.17, 15) is 4.79 Å². The van der Waals surface area contributed by atoms with E-state index in [1.54, 1.807) is 0 Å². The zero-order valence-corrected chi connectivity index (χ0v) is 9.21. The molecule has 0 aromatic heterocycles. The van der Waals surface area contributed by atoms with E-state index in [1.807, 2.05) is 6.92 Å². The summed E-state index contributed by atoms with van der Waals surface area (Å²) in [4.78, 5) is 11.4. The van der Waals surface area contributed by atoms with Crippen LogP contribution in [0.1, 0.15) is 46.0 Å². The minimum atomic E-state index is 0.162. The lowest BCUT2D eigenvalue weighted by Gasteiger charge is -2.12. The Morgan fingerprint density at radius 2 is 2.43 bits per heavy atom. The molecule has 1 N–H and O–H groups in total. The molecule has 0 aromatic carbocycles. The zero-order valence-electron chi connectivity index (χ0n) is 9.21. The lowest BCUT2D eigenvalue weighted by atomic mass is 10.1. The predicted octanol–water partition coefficient (Wildman–Crippen LogP) is 1.86. The average Bonchev–Trinajstić information content (AvgIpc) is 2.67. The molecule has 2 atom stereocenters. The van der Waals surface area contributed by atoms with Gasteiger partial charge in [-0.3, -0.25) is 4.79 Å². The van der Waals surface area contributed by atoms with Crippen LogP contribution in [0.4, 0.5) is 0 Å². The highest BCUT2D eigenvalue weighted by Gasteiger charge is 2.16. The van der Waals surface area contributed by atoms with Gasteiger partial charge in [-0.25, -0.2) is 0 Å². The normalized spacial score (nSPS) is 23.4. The molecule has 1 rings (SSSR count). The fourth-order valence-electron chi connectivity index (χ4n) is 1.61. The molecule has 1 fully saturated rings. The van der Waals surface area contributed by atoms with Crippen molar-refractivity contribution >= 4 is 5.91 Å². The Morgan fingerprint density at radius 1 is 1.64 bits per heavy atom. The summed E-state index contributed by atoms with van der Waals surface area (Å²) >= 11 is 0. The van der Waals surface area contributed by atoms with Crippen molar-refractivity contribution < 1.29 is 9.53 Å². The summed E-state index contributed by atoms with van der Waals surface area (Å²) in [6, 6.07) is 0.298. The molecule has 82 valence electrons. The predicted molar refractivity (Wildman–Crippen MR) is 56.1 cm³/mol. The third-order valence-electron chi connectivity index (χ3n) is 2.74. The van der Waals surface area contributed by atoms with Crippen LogP contribution in [0.25, 0.3) is 0 Å². The lowest BCUT2D eigenvalue weighted by Crippen LogP contribution is -2.32. The first kappa shape index (κ1) is 11.5. The summed E-state index contributed by atoms with van der Waals surface area (Å²) in [5.74, 6) is 0.162. The highest BCUT2D eigenvalue weighted by molar-refractivity contribution is 5.76. The molecule has 0 aromatic rings. The second-order valence-electron chi connectivity index (χ2n) is 4.05. The third-order valence-corrected chi connectivity index (χ3v) is 2.74. The van der Waals surface area contributed by atoms with Gasteiger partial charge in [-0.05, 0) is 32.6 Å². The van der Waals surface area contributed by atoms with Crippen LogP contribution >= 0.6 is 0 Å². The number of nitrogens with one attached hydrogen (secondary N) is 1. The van der Waals surface area contributed by atoms with Crippen molar-refractivity contribution in [2.24, 2.45) is 0 Å². The van der Waals surface area contributed by atoms with Crippen LogP contribution in [0.3, 0.4) is 0 Å². The van der Waals surface area contributed by atoms with Gasteiger partial charge in [0.2, 0.25) is 5.91 Å². The Bertz CT molecular complexity index is 176. The SMILES string of the molecule is CC[C@@H](C)NC(=O)CC[C@@H]1CCCO1. The van der Waals surface area contributed by atoms with E-state index in [0.717, 1.165) is 32.3 Å². The molecule has 3 heteroatoms. The van der Waals surface area contributed by atoms with E-state index in [4.69, 9.17) is 4.74 Å². The Balaban J connectivity index is 2.08. The molecule has 0 saturated carbocycles. The van der Waals surface area contributed by atoms with Crippen molar-refractivity contribution in [3.8, 4) is 0 Å². The molecule has 0 bridgehead atoms. The molecule has 1 heterocycles. The zero-order chi connectivity index (χ0) is 10.4. The molecule has 1 aliphatic rings. The molecule has 1 aliphatic heterocycles. The van der Waals surface area contributed by atoms with E-state index in [-0.39, 0.29) is 5.91 Å². The number of hydrogen-bond acceptors (Lipinski definition) is 2. The van der Waals surface area contributed by atoms with Crippen LogP contribution in [0.5, 0.6) is 0 Å². The molecular formula is C11H21NO2. The van der Waals surface area contributed by atoms with Crippen molar-refractivity contribution in [3.05, 3.63) is 0 Å². The number of amides is 1. The highest BCUT2D eigenvalue weighted by atomic mass is 16.5. The van der Waals surface area contributed by atoms with Crippen molar-refractivity contribution in [1.82, 2.24) is 5.32 Å². The molecule has 14 heavy (non-hydrogen) atoms. The van der Waals surface area contributed by atoms with E-state index in [2.05, 4.69) is 12.2 Å². The van der Waals surface area contributed by atoms with E-state index in [1.165, 1.54) is 0 Å². The first-order chi connectivity index (χ1) is 6.72. The van der Waals surface area contributed by atoms with Gasteiger partial charge in [-0.2, -0.15) is 0 Å². The van der Waals surface area contributed by atoms with Crippen molar-refractivity contribution in [2.45, 2.75) is 58.1 Å². The molecule has 0 aliphatic carbocycles. The maximum Gasteiger partial charge on any atom is 0.220 e. The van der Waals surface area contributed by atoms with Gasteiger partial charge in [0, 0.05) is 19.1 Å². The summed E-state index contributed by atoms with van der Waals surface area (Å²) in [5, 5.41) is 2.96. The number of carbonyl (C=O) groups is 1. The van der Waals surface area contributed by atoms with Crippen molar-refractivity contribution in [1.29, 1.82) is 0 Å². The van der Waals surface area contributed by atoms with Crippen LogP contribution in [0.2, 0.25) is 0 Å². The number of carbonyl (C=O) groups excluding carboxylic acids is 1. The smallest absolute Gasteiger partial charge is 0.220 e. The van der Waals surface area contributed by atoms with Gasteiger partial charge >= 0.3 is 0 Å². The summed E-state index contributed by atoms with van der Waals surface area (Å²) in [6.07, 6.45) is 5.08. The van der Waals surface area contributed by atoms with Gasteiger partial charge in [-0.1, -0.05) is 6.92 Å². The summed E-state index contributed by atoms with van der Waals surface area (Å²) in [5.41, 5.74) is 0. The Hall–Kier alpha value is -0.570. The van der Waals surface area contributed by atoms with Crippen LogP contribution in [0.15, 0.2) is 0 Å². The number of ether oxygens (including phenoxy) is 1. The minimum Gasteiger partial charge on any atom is -0.378 e. The second-order valence-corrected chi connectivity index (χ2v) is 4.05. The molecular weight excluding hydrogens is 178 g/mol. The van der Waals surface area contributed by atoms with Gasteiger partial charge in [0.05, 0.1) is 6.10 Å². The standard InChI is InChI=1S/C11H21NO2/c1-3-9(2)12-11(13)7-6-10-5-4-8-14-10/h9-10H,3-8H2,1-2H3,(H,12,13)/t9-,10+/m1/s1. The number of hydrogen-bond donors (Lipinski definition) is 1. The van der Waals surface area contributed by atoms with Gasteiger partial charge in [-0.15, -0.1) is 0 Å². The molecule has 1 saturated heterocycles. The van der Waals surface area contributed by atoms with Crippen molar-refractivity contribution in [2.75, 3.05) is 6.61 Å². The summed E-state index contributed by atoms with van der Waals surface area (Å²) in [6.45, 7) is 4.98. The van der Waals surface area contributed by atoms with Gasteiger partial charge in [0.25, 0.3) is 0 Å². The molecule has 0 radical (unpaired) electrons. The molecule has 1 amide bonds. The molecule has 0 spiro atoms. The Kier molecular flexibility index (Phi) is 4.94. The van der Waals surface area contributed by atoms with Crippen LogP contribution in [-0.4, -0.2) is 24.7 Å². The fourth-order valence-corrected chi connectivity index (χ4v) is 1.61. The van der Waals surface area contributed by atoms with Crippen molar-refractivity contribution in [3.63, 3.8) is 0 Å². The Labute approximate surface area is 86.2 Å². The largest absolute Gasteiger partial charge is 0.378 e. The molecule has 3 nitrogen and oxygen atoms in total. The van der Waals surface area contributed by atoms with Crippen LogP contribution in [-0.2, 0) is 9.53 Å². The maximum absolute atomic E-state index is 11.4. The highest BCUT2D eigenvalue weighted by Crippen LogP contribution is 2.16. The first-order valence-corrected chi connectivity index (χ1v) is 5.63. The topological polar surface area (TPSA) is 38.3 Å². The quantitative estimate of drug-likeness (QED) is 0.734. The van der Waals surface area contributed by atoms with Crippen LogP contribution < -0.4 is 5.32 Å². The maximum atomic E-state index is 11.4. The van der Waals surface area contributed by atoms with E-state index in [0.29, 0.717) is 18.6 Å². The fraction of sp³-hybridized carbons (Fsp3) is 0.909. The number of rotatable bonds is 5. The minimum absolute atomic E-state index is 0.162. The summed E-state index contributed by atoms with van der Waals surface area (Å²) < 4.78 is 5.45. The van der Waals surface area contributed by atoms with Gasteiger partial charge < -0.3 is 10.1 Å². The third kappa shape index (κ3) is 4.09. The van der Waals surface area contributed by atoms with E-state index >= 15 is 0 Å². The Morgan fingerprint density at radius 3 is 3.00 bits per heavy atom. The van der Waals surface area contributed by atoms with Gasteiger partial charge in [0.15, 0.2) is 0 Å². The second kappa shape index (κ2) is 6.02. The lowest BCUT2D eigenvalue weighted by molar-refractivity contribution is -0.122.